The average molecular weight is 418 g/mol. The van der Waals surface area contributed by atoms with Crippen LogP contribution in [0, 0.1) is 12.3 Å². The number of hydrogen-bond donors (Lipinski definition) is 1. The fourth-order valence-electron chi connectivity index (χ4n) is 3.20. The number of hydrogen-bond acceptors (Lipinski definition) is 5. The van der Waals surface area contributed by atoms with Crippen LogP contribution in [0.15, 0.2) is 70.8 Å². The number of aromatic nitrogens is 2. The van der Waals surface area contributed by atoms with E-state index in [-0.39, 0.29) is 22.4 Å². The van der Waals surface area contributed by atoms with Gasteiger partial charge in [0.05, 0.1) is 22.0 Å². The smallest absolute Gasteiger partial charge is 0.318 e. The van der Waals surface area contributed by atoms with Crippen LogP contribution in [0.3, 0.4) is 0 Å². The van der Waals surface area contributed by atoms with Crippen LogP contribution in [0.2, 0.25) is 0 Å². The highest BCUT2D eigenvalue weighted by molar-refractivity contribution is 7.91. The van der Waals surface area contributed by atoms with Crippen molar-refractivity contribution in [2.75, 3.05) is 0 Å². The van der Waals surface area contributed by atoms with Gasteiger partial charge in [-0.2, -0.15) is 0 Å². The van der Waals surface area contributed by atoms with Gasteiger partial charge in [0.1, 0.15) is 0 Å². The van der Waals surface area contributed by atoms with Crippen molar-refractivity contribution in [3.63, 3.8) is 0 Å². The molecule has 0 saturated carbocycles. The molecule has 3 aromatic rings. The molecule has 4 rings (SSSR count). The van der Waals surface area contributed by atoms with Gasteiger partial charge in [0.2, 0.25) is 9.84 Å². The first-order valence-electron chi connectivity index (χ1n) is 9.18. The van der Waals surface area contributed by atoms with Crippen molar-refractivity contribution < 1.29 is 13.2 Å². The minimum Gasteiger partial charge on any atom is -0.332 e. The van der Waals surface area contributed by atoms with Crippen molar-refractivity contribution in [1.29, 1.82) is 0 Å². The van der Waals surface area contributed by atoms with E-state index in [0.29, 0.717) is 24.3 Å². The minimum atomic E-state index is -3.72. The predicted octanol–water partition coefficient (Wildman–Crippen LogP) is 2.52. The van der Waals surface area contributed by atoms with Gasteiger partial charge in [-0.25, -0.2) is 13.2 Å². The fraction of sp³-hybridized carbons (Fsp3) is 0.136. The molecule has 1 N–H and O–H groups in total. The highest BCUT2D eigenvalue weighted by Crippen LogP contribution is 2.22. The second kappa shape index (κ2) is 7.97. The first kappa shape index (κ1) is 19.6. The van der Waals surface area contributed by atoms with E-state index in [1.54, 1.807) is 35.5 Å². The maximum atomic E-state index is 12.8. The third-order valence-electron chi connectivity index (χ3n) is 4.85. The monoisotopic (exact) mass is 418 g/mol. The molecule has 0 spiro atoms. The van der Waals surface area contributed by atoms with Crippen LogP contribution in [0.4, 0.5) is 4.79 Å². The zero-order valence-electron chi connectivity index (χ0n) is 15.9. The van der Waals surface area contributed by atoms with Gasteiger partial charge in [0.15, 0.2) is 0 Å². The summed E-state index contributed by atoms with van der Waals surface area (Å²) in [6.45, 7) is 1.23. The van der Waals surface area contributed by atoms with E-state index in [9.17, 15) is 13.2 Å². The lowest BCUT2D eigenvalue weighted by atomic mass is 10.2. The summed E-state index contributed by atoms with van der Waals surface area (Å²) < 4.78 is 25.5. The largest absolute Gasteiger partial charge is 0.332 e. The van der Waals surface area contributed by atoms with Crippen LogP contribution in [0.1, 0.15) is 22.4 Å². The molecule has 1 aliphatic heterocycles. The molecular formula is C22H18N4O3S. The first-order chi connectivity index (χ1) is 14.5. The summed E-state index contributed by atoms with van der Waals surface area (Å²) in [5.41, 5.74) is 3.16. The number of benzene rings is 1. The van der Waals surface area contributed by atoms with Gasteiger partial charge >= 0.3 is 6.03 Å². The number of urea groups is 1. The van der Waals surface area contributed by atoms with Gasteiger partial charge in [-0.1, -0.05) is 12.0 Å². The molecule has 0 aliphatic carbocycles. The molecule has 0 bridgehead atoms. The zero-order valence-corrected chi connectivity index (χ0v) is 16.8. The van der Waals surface area contributed by atoms with Gasteiger partial charge < -0.3 is 10.2 Å². The number of terminal acetylenes is 1. The second-order valence-corrected chi connectivity index (χ2v) is 8.77. The van der Waals surface area contributed by atoms with E-state index in [2.05, 4.69) is 21.2 Å². The number of nitrogens with zero attached hydrogens (tertiary/aromatic N) is 3. The molecule has 0 saturated heterocycles. The van der Waals surface area contributed by atoms with Gasteiger partial charge in [-0.05, 0) is 47.5 Å². The van der Waals surface area contributed by atoms with Gasteiger partial charge in [0.25, 0.3) is 0 Å². The molecule has 8 heteroatoms. The Morgan fingerprint density at radius 1 is 1.10 bits per heavy atom. The Bertz CT molecular complexity index is 1220. The zero-order chi connectivity index (χ0) is 21.1. The molecular weight excluding hydrogens is 400 g/mol. The van der Waals surface area contributed by atoms with Crippen molar-refractivity contribution >= 4 is 15.9 Å². The third-order valence-corrected chi connectivity index (χ3v) is 6.59. The van der Waals surface area contributed by atoms with E-state index >= 15 is 0 Å². The quantitative estimate of drug-likeness (QED) is 0.658. The van der Waals surface area contributed by atoms with Crippen molar-refractivity contribution in [3.05, 3.63) is 83.4 Å². The maximum absolute atomic E-state index is 12.8. The molecule has 7 nitrogen and oxygen atoms in total. The number of carbonyl (C=O) groups is 1. The molecule has 0 fully saturated rings. The fourth-order valence-corrected chi connectivity index (χ4v) is 4.46. The van der Waals surface area contributed by atoms with Crippen molar-refractivity contribution in [2.45, 2.75) is 29.4 Å². The number of carbonyl (C=O) groups excluding carboxylic acids is 1. The molecule has 1 aromatic carbocycles. The van der Waals surface area contributed by atoms with E-state index in [1.807, 2.05) is 6.07 Å². The molecule has 0 atom stereocenters. The predicted molar refractivity (Wildman–Crippen MR) is 110 cm³/mol. The lowest BCUT2D eigenvalue weighted by Crippen LogP contribution is -2.36. The van der Waals surface area contributed by atoms with Crippen molar-refractivity contribution in [2.24, 2.45) is 0 Å². The van der Waals surface area contributed by atoms with Crippen molar-refractivity contribution in [3.8, 4) is 12.3 Å². The van der Waals surface area contributed by atoms with Gasteiger partial charge in [0, 0.05) is 37.2 Å². The molecule has 150 valence electrons. The number of rotatable bonds is 4. The van der Waals surface area contributed by atoms with Crippen LogP contribution >= 0.6 is 0 Å². The van der Waals surface area contributed by atoms with Crippen LogP contribution in [-0.4, -0.2) is 29.3 Å². The summed E-state index contributed by atoms with van der Waals surface area (Å²) in [4.78, 5) is 22.5. The Labute approximate surface area is 174 Å². The Hall–Kier alpha value is -3.70. The summed E-state index contributed by atoms with van der Waals surface area (Å²) in [7, 11) is -3.72. The first-order valence-corrected chi connectivity index (χ1v) is 10.7. The van der Waals surface area contributed by atoms with Gasteiger partial charge in [-0.15, -0.1) is 6.42 Å². The topological polar surface area (TPSA) is 92.3 Å². The molecule has 1 aliphatic rings. The van der Waals surface area contributed by atoms with Crippen LogP contribution in [0.5, 0.6) is 0 Å². The molecule has 2 amide bonds. The highest BCUT2D eigenvalue weighted by Gasteiger charge is 2.23. The molecule has 30 heavy (non-hydrogen) atoms. The number of pyridine rings is 2. The van der Waals surface area contributed by atoms with Gasteiger partial charge in [-0.3, -0.25) is 9.97 Å². The minimum absolute atomic E-state index is 0.0641. The van der Waals surface area contributed by atoms with Crippen LogP contribution < -0.4 is 5.32 Å². The average Bonchev–Trinajstić information content (AvgIpc) is 3.22. The Morgan fingerprint density at radius 2 is 1.93 bits per heavy atom. The highest BCUT2D eigenvalue weighted by atomic mass is 32.2. The van der Waals surface area contributed by atoms with E-state index < -0.39 is 9.84 Å². The number of fused-ring (bicyclic) bond motifs is 1. The number of amides is 2. The summed E-state index contributed by atoms with van der Waals surface area (Å²) in [5.74, 6) is 2.43. The summed E-state index contributed by atoms with van der Waals surface area (Å²) in [6.07, 6.45) is 10.1. The van der Waals surface area contributed by atoms with Crippen LogP contribution in [0.25, 0.3) is 0 Å². The molecule has 3 heterocycles. The molecule has 0 radical (unpaired) electrons. The lowest BCUT2D eigenvalue weighted by molar-refractivity contribution is 0.198. The standard InChI is InChI=1S/C22H18N4O3S/c1-2-16-4-3-5-20(10-16)30(28,29)21-7-6-19(24-13-21)12-25-22(27)26-14-17-8-9-23-11-18(17)15-26/h1,3-11,13H,12,14-15H2,(H,25,27). The van der Waals surface area contributed by atoms with E-state index in [0.717, 1.165) is 11.1 Å². The second-order valence-electron chi connectivity index (χ2n) is 6.82. The third kappa shape index (κ3) is 3.88. The molecule has 0 unspecified atom stereocenters. The summed E-state index contributed by atoms with van der Waals surface area (Å²) in [6, 6.07) is 11.0. The Balaban J connectivity index is 1.40. The van der Waals surface area contributed by atoms with E-state index in [4.69, 9.17) is 6.42 Å². The van der Waals surface area contributed by atoms with Crippen LogP contribution in [-0.2, 0) is 29.5 Å². The lowest BCUT2D eigenvalue weighted by Gasteiger charge is -2.16. The maximum Gasteiger partial charge on any atom is 0.318 e. The summed E-state index contributed by atoms with van der Waals surface area (Å²) in [5, 5.41) is 2.81. The Morgan fingerprint density at radius 3 is 2.67 bits per heavy atom. The summed E-state index contributed by atoms with van der Waals surface area (Å²) >= 11 is 0. The Kier molecular flexibility index (Phi) is 5.21. The van der Waals surface area contributed by atoms with Crippen molar-refractivity contribution in [1.82, 2.24) is 20.2 Å². The number of sulfone groups is 1. The molecule has 2 aromatic heterocycles. The SMILES string of the molecule is C#Cc1cccc(S(=O)(=O)c2ccc(CNC(=O)N3Cc4ccncc4C3)nc2)c1. The number of nitrogens with one attached hydrogen (secondary N) is 1. The van der Waals surface area contributed by atoms with E-state index in [1.165, 1.54) is 24.4 Å². The normalized spacial score (nSPS) is 12.8.